The molecule has 0 aliphatic heterocycles. The Morgan fingerprint density at radius 3 is 2.26 bits per heavy atom. The van der Waals surface area contributed by atoms with Gasteiger partial charge in [0, 0.05) is 17.7 Å². The van der Waals surface area contributed by atoms with Crippen molar-refractivity contribution in [3.63, 3.8) is 0 Å². The van der Waals surface area contributed by atoms with E-state index in [1.807, 2.05) is 0 Å². The van der Waals surface area contributed by atoms with Crippen LogP contribution in [0.15, 0.2) is 77.7 Å². The minimum Gasteiger partial charge on any atom is -0.497 e. The van der Waals surface area contributed by atoms with Gasteiger partial charge in [0.25, 0.3) is 15.7 Å². The fraction of sp³-hybridized carbons (Fsp3) is 0.208. The molecule has 184 valence electrons. The Morgan fingerprint density at radius 1 is 1.03 bits per heavy atom. The van der Waals surface area contributed by atoms with Gasteiger partial charge in [0.05, 0.1) is 35.8 Å². The summed E-state index contributed by atoms with van der Waals surface area (Å²) < 4.78 is 38.3. The van der Waals surface area contributed by atoms with E-state index in [2.05, 4.69) is 5.32 Å². The number of nitrogens with zero attached hydrogens (tertiary/aromatic N) is 2. The van der Waals surface area contributed by atoms with Crippen molar-refractivity contribution in [2.75, 3.05) is 25.1 Å². The number of benzene rings is 3. The molecular formula is C24H25N3O7S. The molecule has 10 nitrogen and oxygen atoms in total. The summed E-state index contributed by atoms with van der Waals surface area (Å²) in [6.07, 6.45) is 0. The first-order chi connectivity index (χ1) is 16.7. The maximum absolute atomic E-state index is 13.4. The van der Waals surface area contributed by atoms with E-state index in [9.17, 15) is 23.3 Å². The Bertz CT molecular complexity index is 1300. The van der Waals surface area contributed by atoms with E-state index in [4.69, 9.17) is 9.47 Å². The Kier molecular flexibility index (Phi) is 7.92. The summed E-state index contributed by atoms with van der Waals surface area (Å²) in [5.41, 5.74) is 0.559. The highest BCUT2D eigenvalue weighted by molar-refractivity contribution is 7.92. The van der Waals surface area contributed by atoms with E-state index in [1.165, 1.54) is 50.6 Å². The van der Waals surface area contributed by atoms with Crippen molar-refractivity contribution in [2.45, 2.75) is 17.9 Å². The summed E-state index contributed by atoms with van der Waals surface area (Å²) >= 11 is 0. The van der Waals surface area contributed by atoms with E-state index in [-0.39, 0.29) is 16.3 Å². The number of nitro groups is 1. The van der Waals surface area contributed by atoms with Crippen molar-refractivity contribution < 1.29 is 27.6 Å². The van der Waals surface area contributed by atoms with Crippen LogP contribution >= 0.6 is 0 Å². The molecule has 11 heteroatoms. The molecule has 0 saturated heterocycles. The largest absolute Gasteiger partial charge is 0.497 e. The molecule has 1 atom stereocenters. The first-order valence-electron chi connectivity index (χ1n) is 10.5. The number of sulfonamides is 1. The molecule has 0 aliphatic rings. The average Bonchev–Trinajstić information content (AvgIpc) is 2.87. The van der Waals surface area contributed by atoms with Crippen molar-refractivity contribution in [3.05, 3.63) is 88.5 Å². The zero-order valence-corrected chi connectivity index (χ0v) is 20.2. The lowest BCUT2D eigenvalue weighted by molar-refractivity contribution is -0.384. The van der Waals surface area contributed by atoms with Crippen molar-refractivity contribution in [2.24, 2.45) is 0 Å². The summed E-state index contributed by atoms with van der Waals surface area (Å²) in [5.74, 6) is 0.518. The van der Waals surface area contributed by atoms with E-state index in [1.54, 1.807) is 43.3 Å². The maximum Gasteiger partial charge on any atom is 0.269 e. The normalized spacial score (nSPS) is 11.9. The molecule has 0 unspecified atom stereocenters. The molecule has 3 aromatic carbocycles. The fourth-order valence-electron chi connectivity index (χ4n) is 3.45. The van der Waals surface area contributed by atoms with Gasteiger partial charge >= 0.3 is 0 Å². The first kappa shape index (κ1) is 25.5. The highest BCUT2D eigenvalue weighted by Crippen LogP contribution is 2.30. The SMILES string of the molecule is COc1ccc(OC)c([C@@H](C)NC(=O)CN(c2ccc([N+](=O)[O-])cc2)S(=O)(=O)c2ccccc2)c1. The predicted octanol–water partition coefficient (Wildman–Crippen LogP) is 3.68. The van der Waals surface area contributed by atoms with Gasteiger partial charge in [-0.05, 0) is 49.4 Å². The number of carbonyl (C=O) groups is 1. The van der Waals surface area contributed by atoms with Crippen molar-refractivity contribution >= 4 is 27.3 Å². The number of carbonyl (C=O) groups excluding carboxylic acids is 1. The monoisotopic (exact) mass is 499 g/mol. The van der Waals surface area contributed by atoms with Gasteiger partial charge in [-0.2, -0.15) is 0 Å². The van der Waals surface area contributed by atoms with Crippen LogP contribution in [0.2, 0.25) is 0 Å². The van der Waals surface area contributed by atoms with E-state index < -0.39 is 33.4 Å². The maximum atomic E-state index is 13.4. The second-order valence-corrected chi connectivity index (χ2v) is 9.36. The second kappa shape index (κ2) is 10.9. The lowest BCUT2D eigenvalue weighted by atomic mass is 10.1. The molecule has 1 amide bonds. The number of non-ortho nitro benzene ring substituents is 1. The lowest BCUT2D eigenvalue weighted by Crippen LogP contribution is -2.41. The van der Waals surface area contributed by atoms with Crippen LogP contribution in [-0.4, -0.2) is 40.0 Å². The highest BCUT2D eigenvalue weighted by atomic mass is 32.2. The van der Waals surface area contributed by atoms with Crippen LogP contribution in [0.1, 0.15) is 18.5 Å². The third-order valence-corrected chi connectivity index (χ3v) is 7.04. The topological polar surface area (TPSA) is 128 Å². The average molecular weight is 500 g/mol. The molecule has 1 N–H and O–H groups in total. The standard InChI is InChI=1S/C24H25N3O7S/c1-17(22-15-20(33-2)13-14-23(22)34-3)25-24(28)16-26(18-9-11-19(12-10-18)27(29)30)35(31,32)21-7-5-4-6-8-21/h4-15,17H,16H2,1-3H3,(H,25,28)/t17-/m1/s1. The van der Waals surface area contributed by atoms with Crippen LogP contribution in [0.5, 0.6) is 11.5 Å². The Hall–Kier alpha value is -4.12. The number of amides is 1. The Morgan fingerprint density at radius 2 is 1.69 bits per heavy atom. The zero-order valence-electron chi connectivity index (χ0n) is 19.4. The van der Waals surface area contributed by atoms with Crippen LogP contribution in [0.25, 0.3) is 0 Å². The number of nitro benzene ring substituents is 1. The number of ether oxygens (including phenoxy) is 2. The Labute approximate surface area is 203 Å². The fourth-order valence-corrected chi connectivity index (χ4v) is 4.89. The highest BCUT2D eigenvalue weighted by Gasteiger charge is 2.28. The molecule has 3 rings (SSSR count). The first-order valence-corrected chi connectivity index (χ1v) is 11.9. The summed E-state index contributed by atoms with van der Waals surface area (Å²) in [5, 5.41) is 13.8. The molecular weight excluding hydrogens is 474 g/mol. The molecule has 0 heterocycles. The van der Waals surface area contributed by atoms with Crippen molar-refractivity contribution in [1.82, 2.24) is 5.32 Å². The number of nitrogens with one attached hydrogen (secondary N) is 1. The predicted molar refractivity (Wildman–Crippen MR) is 130 cm³/mol. The second-order valence-electron chi connectivity index (χ2n) is 7.50. The minimum absolute atomic E-state index is 0.0198. The molecule has 0 bridgehead atoms. The zero-order chi connectivity index (χ0) is 25.6. The quantitative estimate of drug-likeness (QED) is 0.333. The number of rotatable bonds is 10. The van der Waals surface area contributed by atoms with Crippen LogP contribution in [0, 0.1) is 10.1 Å². The molecule has 0 fully saturated rings. The molecule has 35 heavy (non-hydrogen) atoms. The number of hydrogen-bond acceptors (Lipinski definition) is 7. The van der Waals surface area contributed by atoms with Crippen LogP contribution in [-0.2, 0) is 14.8 Å². The van der Waals surface area contributed by atoms with E-state index in [0.717, 1.165) is 4.31 Å². The lowest BCUT2D eigenvalue weighted by Gasteiger charge is -2.25. The smallest absolute Gasteiger partial charge is 0.269 e. The molecule has 0 spiro atoms. The number of methoxy groups -OCH3 is 2. The van der Waals surface area contributed by atoms with Crippen LogP contribution in [0.4, 0.5) is 11.4 Å². The Balaban J connectivity index is 1.92. The van der Waals surface area contributed by atoms with Crippen LogP contribution in [0.3, 0.4) is 0 Å². The van der Waals surface area contributed by atoms with E-state index in [0.29, 0.717) is 17.1 Å². The molecule has 0 aliphatic carbocycles. The molecule has 3 aromatic rings. The number of hydrogen-bond donors (Lipinski definition) is 1. The van der Waals surface area contributed by atoms with Gasteiger partial charge in [0.2, 0.25) is 5.91 Å². The van der Waals surface area contributed by atoms with Crippen LogP contribution < -0.4 is 19.1 Å². The van der Waals surface area contributed by atoms with Gasteiger partial charge in [-0.1, -0.05) is 18.2 Å². The molecule has 0 radical (unpaired) electrons. The molecule has 0 saturated carbocycles. The minimum atomic E-state index is -4.15. The van der Waals surface area contributed by atoms with Gasteiger partial charge in [-0.25, -0.2) is 8.42 Å². The summed E-state index contributed by atoms with van der Waals surface area (Å²) in [6.45, 7) is 1.18. The van der Waals surface area contributed by atoms with Gasteiger partial charge in [0.15, 0.2) is 0 Å². The summed E-state index contributed by atoms with van der Waals surface area (Å²) in [7, 11) is -1.13. The molecule has 0 aromatic heterocycles. The summed E-state index contributed by atoms with van der Waals surface area (Å²) in [4.78, 5) is 23.4. The summed E-state index contributed by atoms with van der Waals surface area (Å²) in [6, 6.07) is 17.2. The van der Waals surface area contributed by atoms with Gasteiger partial charge < -0.3 is 14.8 Å². The third kappa shape index (κ3) is 5.87. The van der Waals surface area contributed by atoms with E-state index >= 15 is 0 Å². The van der Waals surface area contributed by atoms with Gasteiger partial charge in [-0.3, -0.25) is 19.2 Å². The van der Waals surface area contributed by atoms with Crippen molar-refractivity contribution in [3.8, 4) is 11.5 Å². The van der Waals surface area contributed by atoms with Crippen molar-refractivity contribution in [1.29, 1.82) is 0 Å². The number of anilines is 1. The third-order valence-electron chi connectivity index (χ3n) is 5.25. The van der Waals surface area contributed by atoms with Gasteiger partial charge in [0.1, 0.15) is 18.0 Å². The van der Waals surface area contributed by atoms with Gasteiger partial charge in [-0.15, -0.1) is 0 Å².